The lowest BCUT2D eigenvalue weighted by Crippen LogP contribution is -2.15. The summed E-state index contributed by atoms with van der Waals surface area (Å²) in [6.07, 6.45) is 4.63. The van der Waals surface area contributed by atoms with Crippen LogP contribution in [0.25, 0.3) is 22.6 Å². The number of anilines is 1. The SMILES string of the molecule is COC(=O)c1ccc(NC(=O)c2cnc(-c3ccc(F)cc3)nc2-c2ccncc2)cc1. The Balaban J connectivity index is 1.68. The molecule has 32 heavy (non-hydrogen) atoms. The summed E-state index contributed by atoms with van der Waals surface area (Å²) in [7, 11) is 1.30. The zero-order valence-electron chi connectivity index (χ0n) is 16.9. The highest BCUT2D eigenvalue weighted by Crippen LogP contribution is 2.25. The zero-order chi connectivity index (χ0) is 22.5. The van der Waals surface area contributed by atoms with E-state index in [2.05, 4.69) is 25.0 Å². The molecule has 0 aliphatic carbocycles. The van der Waals surface area contributed by atoms with E-state index in [4.69, 9.17) is 0 Å². The fourth-order valence-electron chi connectivity index (χ4n) is 3.02. The molecule has 2 aromatic carbocycles. The normalized spacial score (nSPS) is 10.4. The molecule has 0 bridgehead atoms. The number of hydrogen-bond acceptors (Lipinski definition) is 6. The average Bonchev–Trinajstić information content (AvgIpc) is 2.84. The Morgan fingerprint density at radius 1 is 0.906 bits per heavy atom. The molecule has 158 valence electrons. The second-order valence-corrected chi connectivity index (χ2v) is 6.72. The predicted octanol–water partition coefficient (Wildman–Crippen LogP) is 4.38. The van der Waals surface area contributed by atoms with E-state index >= 15 is 0 Å². The Morgan fingerprint density at radius 2 is 1.59 bits per heavy atom. The van der Waals surface area contributed by atoms with Crippen LogP contribution in [0, 0.1) is 5.82 Å². The number of aromatic nitrogens is 3. The van der Waals surface area contributed by atoms with Gasteiger partial charge in [0.05, 0.1) is 23.9 Å². The van der Waals surface area contributed by atoms with E-state index in [-0.39, 0.29) is 11.4 Å². The van der Waals surface area contributed by atoms with Crippen molar-refractivity contribution in [3.8, 4) is 22.6 Å². The zero-order valence-corrected chi connectivity index (χ0v) is 16.9. The van der Waals surface area contributed by atoms with Crippen molar-refractivity contribution in [2.24, 2.45) is 0 Å². The van der Waals surface area contributed by atoms with Gasteiger partial charge in [0.25, 0.3) is 5.91 Å². The van der Waals surface area contributed by atoms with Crippen LogP contribution in [0.4, 0.5) is 10.1 Å². The molecule has 0 fully saturated rings. The first-order chi connectivity index (χ1) is 15.5. The van der Waals surface area contributed by atoms with Gasteiger partial charge < -0.3 is 10.1 Å². The molecular weight excluding hydrogens is 411 g/mol. The van der Waals surface area contributed by atoms with Gasteiger partial charge in [-0.3, -0.25) is 9.78 Å². The van der Waals surface area contributed by atoms with Crippen molar-refractivity contribution in [3.63, 3.8) is 0 Å². The Morgan fingerprint density at radius 3 is 2.25 bits per heavy atom. The molecule has 7 nitrogen and oxygen atoms in total. The van der Waals surface area contributed by atoms with Crippen molar-refractivity contribution < 1.29 is 18.7 Å². The van der Waals surface area contributed by atoms with Crippen molar-refractivity contribution in [1.29, 1.82) is 0 Å². The van der Waals surface area contributed by atoms with Gasteiger partial charge in [-0.15, -0.1) is 0 Å². The van der Waals surface area contributed by atoms with Gasteiger partial charge in [0.1, 0.15) is 5.82 Å². The van der Waals surface area contributed by atoms with Crippen molar-refractivity contribution in [3.05, 3.63) is 96.2 Å². The minimum atomic E-state index is -0.465. The third-order valence-corrected chi connectivity index (χ3v) is 4.65. The minimum Gasteiger partial charge on any atom is -0.465 e. The fourth-order valence-corrected chi connectivity index (χ4v) is 3.02. The standard InChI is InChI=1S/C24H17FN4O3/c1-32-24(31)17-4-8-19(9-5-17)28-23(30)20-14-27-22(16-2-6-18(25)7-3-16)29-21(20)15-10-12-26-13-11-15/h2-14H,1H3,(H,28,30). The van der Waals surface area contributed by atoms with Crippen molar-refractivity contribution in [2.45, 2.75) is 0 Å². The summed E-state index contributed by atoms with van der Waals surface area (Å²) < 4.78 is 18.0. The molecular formula is C24H17FN4O3. The topological polar surface area (TPSA) is 94.1 Å². The molecule has 0 spiro atoms. The van der Waals surface area contributed by atoms with E-state index in [9.17, 15) is 14.0 Å². The molecule has 0 unspecified atom stereocenters. The summed E-state index contributed by atoms with van der Waals surface area (Å²) in [5, 5.41) is 2.78. The molecule has 2 aromatic heterocycles. The van der Waals surface area contributed by atoms with E-state index in [1.54, 1.807) is 60.9 Å². The highest BCUT2D eigenvalue weighted by atomic mass is 19.1. The maximum Gasteiger partial charge on any atom is 0.337 e. The molecule has 0 atom stereocenters. The van der Waals surface area contributed by atoms with E-state index in [1.165, 1.54) is 25.4 Å². The smallest absolute Gasteiger partial charge is 0.337 e. The van der Waals surface area contributed by atoms with Crippen LogP contribution >= 0.6 is 0 Å². The minimum absolute atomic E-state index is 0.249. The maximum atomic E-state index is 13.3. The largest absolute Gasteiger partial charge is 0.465 e. The van der Waals surface area contributed by atoms with Gasteiger partial charge in [0, 0.05) is 35.4 Å². The number of benzene rings is 2. The number of pyridine rings is 1. The molecule has 0 saturated heterocycles. The Kier molecular flexibility index (Phi) is 5.94. The molecule has 1 N–H and O–H groups in total. The number of hydrogen-bond donors (Lipinski definition) is 1. The number of carbonyl (C=O) groups is 2. The molecule has 8 heteroatoms. The van der Waals surface area contributed by atoms with Crippen molar-refractivity contribution >= 4 is 17.6 Å². The molecule has 0 radical (unpaired) electrons. The van der Waals surface area contributed by atoms with Crippen molar-refractivity contribution in [1.82, 2.24) is 15.0 Å². The second kappa shape index (κ2) is 9.13. The number of halogens is 1. The summed E-state index contributed by atoms with van der Waals surface area (Å²) in [6, 6.07) is 15.6. The molecule has 4 rings (SSSR count). The Labute approximate surface area is 183 Å². The lowest BCUT2D eigenvalue weighted by molar-refractivity contribution is 0.0600. The molecule has 0 aliphatic heterocycles. The average molecular weight is 428 g/mol. The van der Waals surface area contributed by atoms with E-state index in [0.29, 0.717) is 33.9 Å². The summed E-state index contributed by atoms with van der Waals surface area (Å²) in [6.45, 7) is 0. The summed E-state index contributed by atoms with van der Waals surface area (Å²) in [5.41, 5.74) is 2.81. The number of esters is 1. The Hall–Kier alpha value is -4.46. The number of nitrogens with zero attached hydrogens (tertiary/aromatic N) is 3. The highest BCUT2D eigenvalue weighted by molar-refractivity contribution is 6.08. The van der Waals surface area contributed by atoms with E-state index < -0.39 is 11.9 Å². The van der Waals surface area contributed by atoms with Gasteiger partial charge in [-0.1, -0.05) is 0 Å². The van der Waals surface area contributed by atoms with Crippen LogP contribution < -0.4 is 5.32 Å². The summed E-state index contributed by atoms with van der Waals surface area (Å²) in [5.74, 6) is -0.894. The number of rotatable bonds is 5. The molecule has 1 amide bonds. The van der Waals surface area contributed by atoms with Gasteiger partial charge in [-0.2, -0.15) is 0 Å². The third kappa shape index (κ3) is 4.49. The number of amides is 1. The van der Waals surface area contributed by atoms with Crippen LogP contribution in [0.5, 0.6) is 0 Å². The number of carbonyl (C=O) groups excluding carboxylic acids is 2. The summed E-state index contributed by atoms with van der Waals surface area (Å²) in [4.78, 5) is 37.5. The van der Waals surface area contributed by atoms with Crippen LogP contribution in [-0.2, 0) is 4.74 Å². The number of ether oxygens (including phenoxy) is 1. The first-order valence-corrected chi connectivity index (χ1v) is 9.58. The lowest BCUT2D eigenvalue weighted by Gasteiger charge is -2.11. The van der Waals surface area contributed by atoms with Crippen LogP contribution in [-0.4, -0.2) is 33.9 Å². The van der Waals surface area contributed by atoms with Crippen molar-refractivity contribution in [2.75, 3.05) is 12.4 Å². The maximum absolute atomic E-state index is 13.3. The molecule has 4 aromatic rings. The Bertz CT molecular complexity index is 1260. The third-order valence-electron chi connectivity index (χ3n) is 4.65. The van der Waals surface area contributed by atoms with E-state index in [1.807, 2.05) is 0 Å². The first kappa shape index (κ1) is 20.8. The van der Waals surface area contributed by atoms with Gasteiger partial charge in [-0.05, 0) is 60.7 Å². The predicted molar refractivity (Wildman–Crippen MR) is 116 cm³/mol. The van der Waals surface area contributed by atoms with E-state index in [0.717, 1.165) is 0 Å². The van der Waals surface area contributed by atoms with Gasteiger partial charge in [0.15, 0.2) is 5.82 Å². The first-order valence-electron chi connectivity index (χ1n) is 9.58. The highest BCUT2D eigenvalue weighted by Gasteiger charge is 2.18. The molecule has 2 heterocycles. The summed E-state index contributed by atoms with van der Waals surface area (Å²) >= 11 is 0. The quantitative estimate of drug-likeness (QED) is 0.474. The second-order valence-electron chi connectivity index (χ2n) is 6.72. The number of methoxy groups -OCH3 is 1. The molecule has 0 aliphatic rings. The van der Waals surface area contributed by atoms with Gasteiger partial charge in [-0.25, -0.2) is 19.2 Å². The van der Waals surface area contributed by atoms with Crippen LogP contribution in [0.15, 0.2) is 79.3 Å². The monoisotopic (exact) mass is 428 g/mol. The molecule has 0 saturated carbocycles. The van der Waals surface area contributed by atoms with Crippen LogP contribution in [0.1, 0.15) is 20.7 Å². The van der Waals surface area contributed by atoms with Gasteiger partial charge in [0.2, 0.25) is 0 Å². The van der Waals surface area contributed by atoms with Crippen LogP contribution in [0.3, 0.4) is 0 Å². The fraction of sp³-hybridized carbons (Fsp3) is 0.0417. The van der Waals surface area contributed by atoms with Gasteiger partial charge >= 0.3 is 5.97 Å². The lowest BCUT2D eigenvalue weighted by atomic mass is 10.1. The number of nitrogens with one attached hydrogen (secondary N) is 1. The van der Waals surface area contributed by atoms with Crippen LogP contribution in [0.2, 0.25) is 0 Å².